The molecule has 3 aromatic rings. The zero-order valence-corrected chi connectivity index (χ0v) is 15.8. The minimum Gasteiger partial charge on any atom is -0.487 e. The second-order valence-electron chi connectivity index (χ2n) is 6.19. The largest absolute Gasteiger partial charge is 0.487 e. The van der Waals surface area contributed by atoms with Crippen LogP contribution in [0.2, 0.25) is 0 Å². The van der Waals surface area contributed by atoms with Crippen LogP contribution >= 0.6 is 11.3 Å². The topological polar surface area (TPSA) is 51.2 Å². The smallest absolute Gasteiger partial charge is 0.251 e. The van der Waals surface area contributed by atoms with Crippen molar-refractivity contribution in [3.63, 3.8) is 0 Å². The van der Waals surface area contributed by atoms with Crippen LogP contribution in [0.5, 0.6) is 5.75 Å². The Hall–Kier alpha value is -2.66. The van der Waals surface area contributed by atoms with Gasteiger partial charge in [0.25, 0.3) is 5.91 Å². The summed E-state index contributed by atoms with van der Waals surface area (Å²) < 4.78 is 5.71. The van der Waals surface area contributed by atoms with Gasteiger partial charge in [-0.1, -0.05) is 37.3 Å². The quantitative estimate of drug-likeness (QED) is 0.667. The monoisotopic (exact) mass is 366 g/mol. The van der Waals surface area contributed by atoms with Crippen molar-refractivity contribution in [1.82, 2.24) is 10.3 Å². The molecular formula is C21H22N2O2S. The fourth-order valence-corrected chi connectivity index (χ4v) is 3.18. The molecule has 26 heavy (non-hydrogen) atoms. The van der Waals surface area contributed by atoms with Gasteiger partial charge in [0.15, 0.2) is 0 Å². The van der Waals surface area contributed by atoms with Crippen LogP contribution in [0.25, 0.3) is 0 Å². The molecule has 134 valence electrons. The molecule has 0 radical (unpaired) electrons. The molecule has 0 saturated heterocycles. The molecule has 0 aliphatic carbocycles. The number of rotatable bonds is 7. The predicted octanol–water partition coefficient (Wildman–Crippen LogP) is 4.56. The molecule has 0 unspecified atom stereocenters. The third-order valence-electron chi connectivity index (χ3n) is 4.11. The zero-order valence-electron chi connectivity index (χ0n) is 14.9. The summed E-state index contributed by atoms with van der Waals surface area (Å²) >= 11 is 1.61. The summed E-state index contributed by atoms with van der Waals surface area (Å²) in [6.07, 6.45) is 0. The second-order valence-corrected chi connectivity index (χ2v) is 7.25. The van der Waals surface area contributed by atoms with E-state index in [9.17, 15) is 4.79 Å². The number of nitrogens with one attached hydrogen (secondary N) is 1. The van der Waals surface area contributed by atoms with Gasteiger partial charge < -0.3 is 10.1 Å². The SMILES string of the molecule is Cc1nc(COc2ccc(C(=O)NC[C@H](C)c3ccccc3)cc2)cs1. The van der Waals surface area contributed by atoms with E-state index in [-0.39, 0.29) is 11.8 Å². The number of hydrogen-bond donors (Lipinski definition) is 1. The van der Waals surface area contributed by atoms with E-state index < -0.39 is 0 Å². The van der Waals surface area contributed by atoms with Gasteiger partial charge in [-0.3, -0.25) is 4.79 Å². The zero-order chi connectivity index (χ0) is 18.4. The van der Waals surface area contributed by atoms with E-state index in [1.54, 1.807) is 23.5 Å². The molecule has 0 saturated carbocycles. The Morgan fingerprint density at radius 3 is 2.54 bits per heavy atom. The third kappa shape index (κ3) is 4.92. The van der Waals surface area contributed by atoms with Crippen molar-refractivity contribution in [3.8, 4) is 5.75 Å². The molecule has 0 bridgehead atoms. The Kier molecular flexibility index (Phi) is 6.02. The molecule has 0 spiro atoms. The lowest BCUT2D eigenvalue weighted by Crippen LogP contribution is -2.27. The highest BCUT2D eigenvalue weighted by molar-refractivity contribution is 7.09. The number of thiazole rings is 1. The Morgan fingerprint density at radius 2 is 1.88 bits per heavy atom. The van der Waals surface area contributed by atoms with Crippen LogP contribution in [0, 0.1) is 6.92 Å². The number of benzene rings is 2. The first-order chi connectivity index (χ1) is 12.6. The first-order valence-corrected chi connectivity index (χ1v) is 9.47. The van der Waals surface area contributed by atoms with E-state index in [0.29, 0.717) is 18.7 Å². The highest BCUT2D eigenvalue weighted by Gasteiger charge is 2.09. The van der Waals surface area contributed by atoms with Gasteiger partial charge in [-0.05, 0) is 42.7 Å². The van der Waals surface area contributed by atoms with Crippen molar-refractivity contribution in [2.45, 2.75) is 26.4 Å². The molecule has 0 fully saturated rings. The van der Waals surface area contributed by atoms with Crippen molar-refractivity contribution >= 4 is 17.2 Å². The molecule has 4 nitrogen and oxygen atoms in total. The third-order valence-corrected chi connectivity index (χ3v) is 4.93. The molecule has 1 amide bonds. The first kappa shape index (κ1) is 18.1. The van der Waals surface area contributed by atoms with Gasteiger partial charge in [0.1, 0.15) is 12.4 Å². The van der Waals surface area contributed by atoms with Gasteiger partial charge in [-0.2, -0.15) is 0 Å². The van der Waals surface area contributed by atoms with Crippen LogP contribution in [0.1, 0.15) is 39.5 Å². The lowest BCUT2D eigenvalue weighted by molar-refractivity contribution is 0.0951. The van der Waals surface area contributed by atoms with Crippen molar-refractivity contribution in [3.05, 3.63) is 81.8 Å². The van der Waals surface area contributed by atoms with Crippen LogP contribution < -0.4 is 10.1 Å². The maximum absolute atomic E-state index is 12.3. The van der Waals surface area contributed by atoms with E-state index in [1.165, 1.54) is 5.56 Å². The number of nitrogens with zero attached hydrogens (tertiary/aromatic N) is 1. The lowest BCUT2D eigenvalue weighted by Gasteiger charge is -2.13. The van der Waals surface area contributed by atoms with E-state index >= 15 is 0 Å². The molecule has 1 atom stereocenters. The van der Waals surface area contributed by atoms with Crippen molar-refractivity contribution in [2.24, 2.45) is 0 Å². The van der Waals surface area contributed by atoms with Crippen LogP contribution in [-0.4, -0.2) is 17.4 Å². The van der Waals surface area contributed by atoms with Crippen molar-refractivity contribution in [1.29, 1.82) is 0 Å². The minimum absolute atomic E-state index is 0.0746. The maximum Gasteiger partial charge on any atom is 0.251 e. The molecule has 1 N–H and O–H groups in total. The standard InChI is InChI=1S/C21H22N2O2S/c1-15(17-6-4-3-5-7-17)12-22-21(24)18-8-10-20(11-9-18)25-13-19-14-26-16(2)23-19/h3-11,14-15H,12-13H2,1-2H3,(H,22,24)/t15-/m0/s1. The summed E-state index contributed by atoms with van der Waals surface area (Å²) in [6.45, 7) is 5.11. The lowest BCUT2D eigenvalue weighted by atomic mass is 10.0. The van der Waals surface area contributed by atoms with Gasteiger partial charge in [0.05, 0.1) is 10.7 Å². The number of aromatic nitrogens is 1. The molecule has 0 aliphatic heterocycles. The number of ether oxygens (including phenoxy) is 1. The first-order valence-electron chi connectivity index (χ1n) is 8.59. The molecular weight excluding hydrogens is 344 g/mol. The van der Waals surface area contributed by atoms with Gasteiger partial charge in [-0.15, -0.1) is 11.3 Å². The van der Waals surface area contributed by atoms with Crippen LogP contribution in [0.4, 0.5) is 0 Å². The second kappa shape index (κ2) is 8.63. The predicted molar refractivity (Wildman–Crippen MR) is 105 cm³/mol. The number of carbonyl (C=O) groups is 1. The van der Waals surface area contributed by atoms with Gasteiger partial charge in [-0.25, -0.2) is 4.98 Å². The highest BCUT2D eigenvalue weighted by atomic mass is 32.1. The van der Waals surface area contributed by atoms with Crippen molar-refractivity contribution < 1.29 is 9.53 Å². The number of carbonyl (C=O) groups excluding carboxylic acids is 1. The van der Waals surface area contributed by atoms with Crippen LogP contribution in [0.3, 0.4) is 0 Å². The van der Waals surface area contributed by atoms with Gasteiger partial charge >= 0.3 is 0 Å². The van der Waals surface area contributed by atoms with Crippen LogP contribution in [0.15, 0.2) is 60.0 Å². The van der Waals surface area contributed by atoms with E-state index in [2.05, 4.69) is 29.4 Å². The summed E-state index contributed by atoms with van der Waals surface area (Å²) in [5.74, 6) is 0.920. The molecule has 3 rings (SSSR count). The number of aryl methyl sites for hydroxylation is 1. The summed E-state index contributed by atoms with van der Waals surface area (Å²) in [7, 11) is 0. The molecule has 1 heterocycles. The van der Waals surface area contributed by atoms with E-state index in [1.807, 2.05) is 42.6 Å². The van der Waals surface area contributed by atoms with Crippen molar-refractivity contribution in [2.75, 3.05) is 6.54 Å². The number of amides is 1. The molecule has 1 aromatic heterocycles. The Balaban J connectivity index is 1.50. The summed E-state index contributed by atoms with van der Waals surface area (Å²) in [6, 6.07) is 17.4. The molecule has 0 aliphatic rings. The van der Waals surface area contributed by atoms with Gasteiger partial charge in [0.2, 0.25) is 0 Å². The Labute approximate surface area is 157 Å². The summed E-state index contributed by atoms with van der Waals surface area (Å²) in [5.41, 5.74) is 2.76. The minimum atomic E-state index is -0.0746. The fourth-order valence-electron chi connectivity index (χ4n) is 2.58. The normalized spacial score (nSPS) is 11.8. The molecule has 2 aromatic carbocycles. The maximum atomic E-state index is 12.3. The highest BCUT2D eigenvalue weighted by Crippen LogP contribution is 2.16. The molecule has 5 heteroatoms. The Bertz CT molecular complexity index is 844. The van der Waals surface area contributed by atoms with Gasteiger partial charge in [0, 0.05) is 17.5 Å². The Morgan fingerprint density at radius 1 is 1.15 bits per heavy atom. The summed E-state index contributed by atoms with van der Waals surface area (Å²) in [5, 5.41) is 6.01. The van der Waals surface area contributed by atoms with E-state index in [4.69, 9.17) is 4.74 Å². The fraction of sp³-hybridized carbons (Fsp3) is 0.238. The van der Waals surface area contributed by atoms with Crippen LogP contribution in [-0.2, 0) is 6.61 Å². The van der Waals surface area contributed by atoms with E-state index in [0.717, 1.165) is 16.5 Å². The average molecular weight is 366 g/mol. The summed E-state index contributed by atoms with van der Waals surface area (Å²) in [4.78, 5) is 16.7. The number of hydrogen-bond acceptors (Lipinski definition) is 4. The average Bonchev–Trinajstić information content (AvgIpc) is 3.10.